The number of carbonyl (C=O) groups is 3. The van der Waals surface area contributed by atoms with Crippen LogP contribution in [0.5, 0.6) is 5.75 Å². The first-order valence-corrected chi connectivity index (χ1v) is 15.4. The number of benzene rings is 2. The Bertz CT molecular complexity index is 1400. The predicted octanol–water partition coefficient (Wildman–Crippen LogP) is 3.82. The minimum absolute atomic E-state index is 0.0363. The maximum atomic E-state index is 14.6. The van der Waals surface area contributed by atoms with E-state index in [1.165, 1.54) is 4.90 Å². The molecule has 3 fully saturated rings. The van der Waals surface area contributed by atoms with Crippen molar-refractivity contribution in [3.8, 4) is 5.75 Å². The third kappa shape index (κ3) is 5.12. The lowest BCUT2D eigenvalue weighted by atomic mass is 9.62. The molecule has 1 N–H and O–H groups in total. The van der Waals surface area contributed by atoms with Crippen LogP contribution in [-0.2, 0) is 25.7 Å². The molecule has 5 rings (SSSR count). The molecule has 2 aromatic carbocycles. The molecule has 9 nitrogen and oxygen atoms in total. The quantitative estimate of drug-likeness (QED) is 0.351. The van der Waals surface area contributed by atoms with Gasteiger partial charge in [-0.3, -0.25) is 14.4 Å². The Hall–Kier alpha value is -3.95. The summed E-state index contributed by atoms with van der Waals surface area (Å²) in [6, 6.07) is 15.9. The smallest absolute Gasteiger partial charge is 0.248 e. The summed E-state index contributed by atoms with van der Waals surface area (Å²) in [4.78, 5) is 48.2. The van der Waals surface area contributed by atoms with Gasteiger partial charge in [0.25, 0.3) is 0 Å². The minimum Gasteiger partial charge on any atom is -0.494 e. The monoisotopic (exact) mass is 601 g/mol. The van der Waals surface area contributed by atoms with E-state index in [1.807, 2.05) is 75.4 Å². The van der Waals surface area contributed by atoms with Crippen molar-refractivity contribution >= 4 is 23.4 Å². The molecule has 0 aliphatic carbocycles. The van der Waals surface area contributed by atoms with Crippen molar-refractivity contribution in [1.82, 2.24) is 9.80 Å². The zero-order valence-corrected chi connectivity index (χ0v) is 25.9. The molecule has 1 spiro atoms. The van der Waals surface area contributed by atoms with Crippen LogP contribution < -0.4 is 9.64 Å². The first-order chi connectivity index (χ1) is 21.2. The van der Waals surface area contributed by atoms with Gasteiger partial charge in [-0.25, -0.2) is 0 Å². The van der Waals surface area contributed by atoms with E-state index in [0.717, 1.165) is 5.56 Å². The van der Waals surface area contributed by atoms with Crippen LogP contribution in [0.3, 0.4) is 0 Å². The fourth-order valence-corrected chi connectivity index (χ4v) is 7.62. The first kappa shape index (κ1) is 31.5. The Kier molecular flexibility index (Phi) is 9.00. The summed E-state index contributed by atoms with van der Waals surface area (Å²) < 4.78 is 12.5. The molecule has 3 aliphatic heterocycles. The fraction of sp³-hybridized carbons (Fsp3) is 0.457. The number of ether oxygens (including phenoxy) is 2. The highest BCUT2D eigenvalue weighted by Crippen LogP contribution is 2.65. The van der Waals surface area contributed by atoms with Crippen molar-refractivity contribution < 1.29 is 29.0 Å². The average Bonchev–Trinajstić information content (AvgIpc) is 3.53. The van der Waals surface area contributed by atoms with Crippen LogP contribution in [0.2, 0.25) is 0 Å². The number of amides is 3. The maximum absolute atomic E-state index is 14.6. The van der Waals surface area contributed by atoms with Crippen molar-refractivity contribution in [1.29, 1.82) is 0 Å². The molecule has 6 atom stereocenters. The van der Waals surface area contributed by atoms with Crippen molar-refractivity contribution in [2.75, 3.05) is 37.7 Å². The molecule has 0 saturated carbocycles. The van der Waals surface area contributed by atoms with Gasteiger partial charge in [0.05, 0.1) is 30.7 Å². The predicted molar refractivity (Wildman–Crippen MR) is 168 cm³/mol. The van der Waals surface area contributed by atoms with E-state index in [0.29, 0.717) is 31.0 Å². The van der Waals surface area contributed by atoms with E-state index in [4.69, 9.17) is 9.47 Å². The van der Waals surface area contributed by atoms with Gasteiger partial charge < -0.3 is 29.3 Å². The number of β-amino-alcohol motifs (C(OH)–C–C–N with tert-alkyl or cyclic N) is 1. The van der Waals surface area contributed by atoms with Crippen LogP contribution in [0, 0.1) is 17.8 Å². The number of carbonyl (C=O) groups excluding carboxylic acids is 3. The maximum Gasteiger partial charge on any atom is 0.248 e. The van der Waals surface area contributed by atoms with Gasteiger partial charge in [0.15, 0.2) is 0 Å². The Morgan fingerprint density at radius 3 is 2.39 bits per heavy atom. The Morgan fingerprint density at radius 2 is 1.77 bits per heavy atom. The summed E-state index contributed by atoms with van der Waals surface area (Å²) in [5.74, 6) is -2.02. The summed E-state index contributed by atoms with van der Waals surface area (Å²) in [5.41, 5.74) is -0.603. The highest BCUT2D eigenvalue weighted by Gasteiger charge is 2.80. The number of nitrogens with zero attached hydrogens (tertiary/aromatic N) is 3. The number of aliphatic hydroxyl groups is 1. The number of rotatable bonds is 13. The number of hydrogen-bond acceptors (Lipinski definition) is 6. The lowest BCUT2D eigenvalue weighted by molar-refractivity contribution is -0.152. The summed E-state index contributed by atoms with van der Waals surface area (Å²) in [5, 5.41) is 10.0. The molecular weight excluding hydrogens is 558 g/mol. The van der Waals surface area contributed by atoms with Gasteiger partial charge in [-0.15, -0.1) is 13.2 Å². The molecular formula is C35H43N3O6. The molecule has 3 saturated heterocycles. The van der Waals surface area contributed by atoms with Gasteiger partial charge in [-0.1, -0.05) is 49.4 Å². The van der Waals surface area contributed by atoms with E-state index in [9.17, 15) is 19.5 Å². The fourth-order valence-electron chi connectivity index (χ4n) is 7.62. The van der Waals surface area contributed by atoms with Crippen LogP contribution in [0.4, 0.5) is 5.69 Å². The molecule has 3 unspecified atom stereocenters. The van der Waals surface area contributed by atoms with Crippen molar-refractivity contribution in [2.45, 2.75) is 51.0 Å². The van der Waals surface area contributed by atoms with Crippen LogP contribution in [-0.4, -0.2) is 82.7 Å². The molecule has 2 bridgehead atoms. The standard InChI is InChI=1S/C35H43N3O6/c1-6-18-36(23-25-12-10-9-11-13-25)33(42)30-35-22-24(4)34(5,44-35)28(29(35)32(41)38(30)20-21-39)31(40)37(19-7-2)26-14-16-27(17-15-26)43-8-3/h6-7,9-17,24,28-30,39H,1-2,8,18-23H2,3-5H3/t24?,28-,29+,30?,34+,35?/m1/s1. The van der Waals surface area contributed by atoms with E-state index in [2.05, 4.69) is 13.2 Å². The summed E-state index contributed by atoms with van der Waals surface area (Å²) in [6.45, 7) is 14.5. The minimum atomic E-state index is -1.22. The molecule has 3 heterocycles. The molecule has 2 aromatic rings. The molecule has 0 radical (unpaired) electrons. The highest BCUT2D eigenvalue weighted by molar-refractivity contribution is 6.03. The number of fused-ring (bicyclic) bond motifs is 1. The van der Waals surface area contributed by atoms with E-state index < -0.39 is 29.1 Å². The first-order valence-electron chi connectivity index (χ1n) is 15.4. The summed E-state index contributed by atoms with van der Waals surface area (Å²) in [7, 11) is 0. The molecule has 234 valence electrons. The third-order valence-electron chi connectivity index (χ3n) is 9.57. The number of hydrogen-bond donors (Lipinski definition) is 1. The second-order valence-corrected chi connectivity index (χ2v) is 12.1. The van der Waals surface area contributed by atoms with Crippen LogP contribution in [0.15, 0.2) is 79.9 Å². The van der Waals surface area contributed by atoms with Crippen LogP contribution in [0.25, 0.3) is 0 Å². The van der Waals surface area contributed by atoms with Gasteiger partial charge >= 0.3 is 0 Å². The zero-order chi connectivity index (χ0) is 31.6. The van der Waals surface area contributed by atoms with Gasteiger partial charge in [0.1, 0.15) is 17.4 Å². The molecule has 0 aromatic heterocycles. The molecule has 9 heteroatoms. The van der Waals surface area contributed by atoms with E-state index >= 15 is 0 Å². The van der Waals surface area contributed by atoms with E-state index in [-0.39, 0.29) is 49.9 Å². The largest absolute Gasteiger partial charge is 0.494 e. The normalized spacial score (nSPS) is 28.5. The highest BCUT2D eigenvalue weighted by atomic mass is 16.5. The van der Waals surface area contributed by atoms with Crippen LogP contribution in [0.1, 0.15) is 32.8 Å². The molecule has 3 aliphatic rings. The SMILES string of the molecule is C=CCN(Cc1ccccc1)C(=O)C1N(CCO)C(=O)[C@@H]2[C@H](C(=O)N(CC=C)c3ccc(OCC)cc3)[C@@]3(C)OC12CC3C. The van der Waals surface area contributed by atoms with Crippen molar-refractivity contribution in [2.24, 2.45) is 17.8 Å². The molecule has 44 heavy (non-hydrogen) atoms. The van der Waals surface area contributed by atoms with Gasteiger partial charge in [0, 0.05) is 31.9 Å². The zero-order valence-electron chi connectivity index (χ0n) is 25.9. The van der Waals surface area contributed by atoms with Gasteiger partial charge in [-0.05, 0) is 56.0 Å². The third-order valence-corrected chi connectivity index (χ3v) is 9.57. The summed E-state index contributed by atoms with van der Waals surface area (Å²) >= 11 is 0. The number of likely N-dealkylation sites (tertiary alicyclic amines) is 1. The second-order valence-electron chi connectivity index (χ2n) is 12.1. The molecule has 3 amide bonds. The number of aliphatic hydroxyl groups excluding tert-OH is 1. The van der Waals surface area contributed by atoms with E-state index in [1.54, 1.807) is 22.0 Å². The topological polar surface area (TPSA) is 99.6 Å². The van der Waals surface area contributed by atoms with Gasteiger partial charge in [0.2, 0.25) is 17.7 Å². The second kappa shape index (κ2) is 12.6. The van der Waals surface area contributed by atoms with Crippen LogP contribution >= 0.6 is 0 Å². The lowest BCUT2D eigenvalue weighted by Gasteiger charge is -2.39. The van der Waals surface area contributed by atoms with Gasteiger partial charge in [-0.2, -0.15) is 0 Å². The van der Waals surface area contributed by atoms with Crippen molar-refractivity contribution in [3.63, 3.8) is 0 Å². The van der Waals surface area contributed by atoms with Crippen molar-refractivity contribution in [3.05, 3.63) is 85.5 Å². The summed E-state index contributed by atoms with van der Waals surface area (Å²) in [6.07, 6.45) is 3.76. The lowest BCUT2D eigenvalue weighted by Crippen LogP contribution is -2.57. The number of anilines is 1. The Labute approximate surface area is 259 Å². The Balaban J connectivity index is 1.55. The Morgan fingerprint density at radius 1 is 1.09 bits per heavy atom. The average molecular weight is 602 g/mol.